The number of benzene rings is 2. The summed E-state index contributed by atoms with van der Waals surface area (Å²) in [4.78, 5) is 23.5. The molecule has 1 heterocycles. The summed E-state index contributed by atoms with van der Waals surface area (Å²) in [6.07, 6.45) is 1.30. The maximum atomic E-state index is 12.4. The molecule has 0 fully saturated rings. The molecule has 144 valence electrons. The van der Waals surface area contributed by atoms with Crippen molar-refractivity contribution in [1.29, 1.82) is 5.26 Å². The van der Waals surface area contributed by atoms with Crippen molar-refractivity contribution in [3.8, 4) is 17.4 Å². The van der Waals surface area contributed by atoms with Crippen LogP contribution in [0.4, 0.5) is 5.69 Å². The van der Waals surface area contributed by atoms with Crippen molar-refractivity contribution < 1.29 is 19.1 Å². The molecule has 3 aromatic rings. The van der Waals surface area contributed by atoms with E-state index < -0.39 is 11.9 Å². The van der Waals surface area contributed by atoms with Crippen molar-refractivity contribution in [1.82, 2.24) is 0 Å². The lowest BCUT2D eigenvalue weighted by molar-refractivity contribution is -0.112. The molecule has 0 unspecified atom stereocenters. The van der Waals surface area contributed by atoms with Gasteiger partial charge in [0.05, 0.1) is 10.6 Å². The van der Waals surface area contributed by atoms with E-state index in [1.54, 1.807) is 30.3 Å². The molecule has 2 aromatic carbocycles. The molecule has 2 N–H and O–H groups in total. The molecule has 0 spiro atoms. The van der Waals surface area contributed by atoms with Crippen LogP contribution in [0.5, 0.6) is 0 Å². The minimum absolute atomic E-state index is 0.0593. The topological polar surface area (TPSA) is 103 Å². The Bertz CT molecular complexity index is 1180. The van der Waals surface area contributed by atoms with Crippen LogP contribution in [-0.4, -0.2) is 17.0 Å². The normalized spacial score (nSPS) is 11.0. The predicted molar refractivity (Wildman–Crippen MR) is 112 cm³/mol. The number of amides is 1. The molecule has 29 heavy (non-hydrogen) atoms. The highest BCUT2D eigenvalue weighted by molar-refractivity contribution is 9.10. The largest absolute Gasteiger partial charge is 0.478 e. The van der Waals surface area contributed by atoms with Gasteiger partial charge in [-0.1, -0.05) is 33.6 Å². The number of rotatable bonds is 5. The number of aromatic carboxylic acids is 1. The van der Waals surface area contributed by atoms with Gasteiger partial charge in [-0.05, 0) is 48.5 Å². The third-order valence-corrected chi connectivity index (χ3v) is 4.66. The maximum absolute atomic E-state index is 12.4. The van der Waals surface area contributed by atoms with Gasteiger partial charge in [-0.15, -0.1) is 0 Å². The van der Waals surface area contributed by atoms with Gasteiger partial charge in [-0.25, -0.2) is 4.79 Å². The lowest BCUT2D eigenvalue weighted by atomic mass is 10.1. The van der Waals surface area contributed by atoms with Crippen LogP contribution in [0.2, 0.25) is 5.02 Å². The molecule has 0 saturated heterocycles. The first-order chi connectivity index (χ1) is 13.9. The van der Waals surface area contributed by atoms with Crippen LogP contribution in [0.25, 0.3) is 17.4 Å². The second kappa shape index (κ2) is 8.78. The minimum Gasteiger partial charge on any atom is -0.478 e. The molecule has 0 aliphatic rings. The van der Waals surface area contributed by atoms with Crippen LogP contribution in [0.3, 0.4) is 0 Å². The Balaban J connectivity index is 1.86. The van der Waals surface area contributed by atoms with Crippen molar-refractivity contribution >= 4 is 51.2 Å². The molecular weight excluding hydrogens is 460 g/mol. The number of carboxylic acid groups (broad SMARTS) is 1. The highest BCUT2D eigenvalue weighted by atomic mass is 79.9. The summed E-state index contributed by atoms with van der Waals surface area (Å²) in [6, 6.07) is 16.2. The van der Waals surface area contributed by atoms with E-state index in [9.17, 15) is 14.9 Å². The van der Waals surface area contributed by atoms with E-state index >= 15 is 0 Å². The number of hydrogen-bond acceptors (Lipinski definition) is 4. The zero-order valence-corrected chi connectivity index (χ0v) is 17.0. The van der Waals surface area contributed by atoms with E-state index in [4.69, 9.17) is 21.1 Å². The van der Waals surface area contributed by atoms with Crippen molar-refractivity contribution in [3.63, 3.8) is 0 Å². The van der Waals surface area contributed by atoms with Gasteiger partial charge in [0.2, 0.25) is 0 Å². The number of nitriles is 1. The first-order valence-electron chi connectivity index (χ1n) is 8.19. The van der Waals surface area contributed by atoms with Crippen molar-refractivity contribution in [2.75, 3.05) is 5.32 Å². The Labute approximate surface area is 179 Å². The van der Waals surface area contributed by atoms with E-state index in [0.29, 0.717) is 22.0 Å². The Morgan fingerprint density at radius 3 is 2.66 bits per heavy atom. The number of anilines is 1. The molecule has 1 aromatic heterocycles. The average Bonchev–Trinajstić information content (AvgIpc) is 3.14. The molecular formula is C21H12BrClN2O4. The number of carboxylic acids is 1. The van der Waals surface area contributed by atoms with Crippen LogP contribution in [0.1, 0.15) is 16.1 Å². The molecule has 8 heteroatoms. The lowest BCUT2D eigenvalue weighted by Crippen LogP contribution is -2.13. The second-order valence-electron chi connectivity index (χ2n) is 5.84. The molecule has 0 bridgehead atoms. The van der Waals surface area contributed by atoms with Crippen LogP contribution in [0.15, 0.2) is 69.1 Å². The Kier molecular flexibility index (Phi) is 6.17. The van der Waals surface area contributed by atoms with Gasteiger partial charge in [0.25, 0.3) is 5.91 Å². The molecule has 0 saturated carbocycles. The molecule has 0 aliphatic heterocycles. The number of hydrogen-bond donors (Lipinski definition) is 2. The number of nitrogens with one attached hydrogen (secondary N) is 1. The van der Waals surface area contributed by atoms with Crippen LogP contribution in [-0.2, 0) is 4.79 Å². The zero-order valence-electron chi connectivity index (χ0n) is 14.6. The smallest absolute Gasteiger partial charge is 0.335 e. The summed E-state index contributed by atoms with van der Waals surface area (Å²) in [5.74, 6) is -1.12. The summed E-state index contributed by atoms with van der Waals surface area (Å²) in [6.45, 7) is 0. The van der Waals surface area contributed by atoms with Gasteiger partial charge >= 0.3 is 5.97 Å². The third kappa shape index (κ3) is 4.93. The van der Waals surface area contributed by atoms with E-state index in [-0.39, 0.29) is 16.9 Å². The van der Waals surface area contributed by atoms with E-state index in [0.717, 1.165) is 4.47 Å². The molecule has 1 amide bonds. The first kappa shape index (κ1) is 20.4. The summed E-state index contributed by atoms with van der Waals surface area (Å²) in [5.41, 5.74) is 0.825. The van der Waals surface area contributed by atoms with Crippen LogP contribution < -0.4 is 5.32 Å². The molecule has 3 rings (SSSR count). The van der Waals surface area contributed by atoms with Crippen molar-refractivity contribution in [2.24, 2.45) is 0 Å². The number of carbonyl (C=O) groups is 2. The van der Waals surface area contributed by atoms with E-state index in [1.165, 1.54) is 24.3 Å². The number of furan rings is 1. The fourth-order valence-corrected chi connectivity index (χ4v) is 3.09. The molecule has 0 aliphatic carbocycles. The summed E-state index contributed by atoms with van der Waals surface area (Å²) in [5, 5.41) is 21.4. The van der Waals surface area contributed by atoms with Gasteiger partial charge in [0.15, 0.2) is 0 Å². The Hall–Kier alpha value is -3.34. The third-order valence-electron chi connectivity index (χ3n) is 3.84. The fraction of sp³-hybridized carbons (Fsp3) is 0. The SMILES string of the molecule is N#C/C(=C/c1ccc(-c2cc(C(=O)O)ccc2Cl)o1)C(=O)Nc1cccc(Br)c1. The van der Waals surface area contributed by atoms with E-state index in [1.807, 2.05) is 12.1 Å². The molecule has 0 radical (unpaired) electrons. The minimum atomic E-state index is -1.09. The summed E-state index contributed by atoms with van der Waals surface area (Å²) >= 11 is 9.45. The van der Waals surface area contributed by atoms with Crippen LogP contribution >= 0.6 is 27.5 Å². The maximum Gasteiger partial charge on any atom is 0.335 e. The average molecular weight is 472 g/mol. The first-order valence-corrected chi connectivity index (χ1v) is 9.36. The number of carbonyl (C=O) groups excluding carboxylic acids is 1. The van der Waals surface area contributed by atoms with Crippen molar-refractivity contribution in [2.45, 2.75) is 0 Å². The van der Waals surface area contributed by atoms with Crippen molar-refractivity contribution in [3.05, 3.63) is 81.0 Å². The summed E-state index contributed by atoms with van der Waals surface area (Å²) in [7, 11) is 0. The van der Waals surface area contributed by atoms with Gasteiger partial charge in [0, 0.05) is 21.8 Å². The number of halogens is 2. The van der Waals surface area contributed by atoms with Gasteiger partial charge in [0.1, 0.15) is 23.2 Å². The van der Waals surface area contributed by atoms with Gasteiger partial charge < -0.3 is 14.8 Å². The fourth-order valence-electron chi connectivity index (χ4n) is 2.48. The lowest BCUT2D eigenvalue weighted by Gasteiger charge is -2.04. The number of nitrogens with zero attached hydrogens (tertiary/aromatic N) is 1. The molecule has 6 nitrogen and oxygen atoms in total. The predicted octanol–water partition coefficient (Wildman–Crippen LogP) is 5.61. The standard InChI is InChI=1S/C21H12BrClN2O4/c22-14-2-1-3-15(10-14)25-20(26)13(11-24)8-16-5-7-19(29-16)17-9-12(21(27)28)4-6-18(17)23/h1-10H,(H,25,26)(H,27,28)/b13-8-. The Morgan fingerprint density at radius 2 is 1.97 bits per heavy atom. The quantitative estimate of drug-likeness (QED) is 0.372. The molecule has 0 atom stereocenters. The van der Waals surface area contributed by atoms with E-state index in [2.05, 4.69) is 21.2 Å². The monoisotopic (exact) mass is 470 g/mol. The van der Waals surface area contributed by atoms with Gasteiger partial charge in [-0.2, -0.15) is 5.26 Å². The zero-order chi connectivity index (χ0) is 21.0. The van der Waals surface area contributed by atoms with Gasteiger partial charge in [-0.3, -0.25) is 4.79 Å². The second-order valence-corrected chi connectivity index (χ2v) is 7.16. The summed E-state index contributed by atoms with van der Waals surface area (Å²) < 4.78 is 6.43. The van der Waals surface area contributed by atoms with Crippen LogP contribution in [0, 0.1) is 11.3 Å². The highest BCUT2D eigenvalue weighted by Crippen LogP contribution is 2.31. The Morgan fingerprint density at radius 1 is 1.17 bits per heavy atom. The highest BCUT2D eigenvalue weighted by Gasteiger charge is 2.14.